The lowest BCUT2D eigenvalue weighted by molar-refractivity contribution is 0.269. The maximum absolute atomic E-state index is 13.0. The standard InChI is InChI=1S/C25H20Br2ClN3O3/c1-3-33-23-11-17(10-21(28)24(23)34-14-16-4-6-18(26)7-5-16)13-29-31-15(2)30-22-9-8-19(27)12-20(22)25(31)32/h4-13H,3,14H2,1-2H3. The van der Waals surface area contributed by atoms with Crippen LogP contribution in [0.25, 0.3) is 10.9 Å². The average Bonchev–Trinajstić information content (AvgIpc) is 2.80. The highest BCUT2D eigenvalue weighted by Gasteiger charge is 2.13. The molecule has 0 aliphatic rings. The van der Waals surface area contributed by atoms with E-state index in [0.717, 1.165) is 14.5 Å². The first-order valence-corrected chi connectivity index (χ1v) is 12.4. The second-order valence-electron chi connectivity index (χ2n) is 7.36. The Morgan fingerprint density at radius 1 is 1.06 bits per heavy atom. The van der Waals surface area contributed by atoms with Crippen molar-refractivity contribution in [1.29, 1.82) is 0 Å². The Morgan fingerprint density at radius 2 is 1.79 bits per heavy atom. The molecule has 0 amide bonds. The monoisotopic (exact) mass is 603 g/mol. The van der Waals surface area contributed by atoms with Gasteiger partial charge in [0.1, 0.15) is 12.4 Å². The van der Waals surface area contributed by atoms with Crippen molar-refractivity contribution in [3.8, 4) is 11.5 Å². The van der Waals surface area contributed by atoms with Crippen molar-refractivity contribution in [2.24, 2.45) is 5.10 Å². The third-order valence-corrected chi connectivity index (χ3v) is 6.22. The number of fused-ring (bicyclic) bond motifs is 1. The second-order valence-corrected chi connectivity index (χ2v) is 9.60. The molecule has 0 saturated heterocycles. The van der Waals surface area contributed by atoms with Crippen LogP contribution in [0.3, 0.4) is 0 Å². The first-order chi connectivity index (χ1) is 16.4. The molecule has 0 saturated carbocycles. The zero-order valence-corrected chi connectivity index (χ0v) is 22.3. The summed E-state index contributed by atoms with van der Waals surface area (Å²) in [6.07, 6.45) is 1.55. The smallest absolute Gasteiger partial charge is 0.282 e. The van der Waals surface area contributed by atoms with Gasteiger partial charge in [-0.05, 0) is 67.4 Å². The van der Waals surface area contributed by atoms with Crippen LogP contribution in [-0.4, -0.2) is 22.5 Å². The summed E-state index contributed by atoms with van der Waals surface area (Å²) in [6, 6.07) is 16.7. The second kappa shape index (κ2) is 10.7. The van der Waals surface area contributed by atoms with Crippen molar-refractivity contribution in [2.75, 3.05) is 6.61 Å². The Hall–Kier alpha value is -2.68. The third kappa shape index (κ3) is 5.51. The molecule has 0 aliphatic heterocycles. The maximum Gasteiger partial charge on any atom is 0.282 e. The van der Waals surface area contributed by atoms with Gasteiger partial charge in [0.15, 0.2) is 11.5 Å². The van der Waals surface area contributed by atoms with E-state index in [1.165, 1.54) is 4.68 Å². The van der Waals surface area contributed by atoms with Crippen LogP contribution in [-0.2, 0) is 6.61 Å². The Bertz CT molecular complexity index is 1440. The van der Waals surface area contributed by atoms with Crippen LogP contribution in [0.15, 0.2) is 73.4 Å². The van der Waals surface area contributed by atoms with Gasteiger partial charge in [0.2, 0.25) is 0 Å². The zero-order valence-electron chi connectivity index (χ0n) is 18.4. The molecule has 0 aliphatic carbocycles. The van der Waals surface area contributed by atoms with Crippen LogP contribution >= 0.6 is 43.5 Å². The Balaban J connectivity index is 1.65. The van der Waals surface area contributed by atoms with Crippen molar-refractivity contribution >= 4 is 60.6 Å². The minimum Gasteiger partial charge on any atom is -0.490 e. The summed E-state index contributed by atoms with van der Waals surface area (Å²) in [5.41, 5.74) is 2.01. The fraction of sp³-hybridized carbons (Fsp3) is 0.160. The number of nitrogens with zero attached hydrogens (tertiary/aromatic N) is 3. The van der Waals surface area contributed by atoms with E-state index in [0.29, 0.717) is 52.0 Å². The highest BCUT2D eigenvalue weighted by atomic mass is 79.9. The van der Waals surface area contributed by atoms with Crippen LogP contribution in [0.5, 0.6) is 11.5 Å². The number of hydrogen-bond donors (Lipinski definition) is 0. The van der Waals surface area contributed by atoms with Crippen molar-refractivity contribution in [3.63, 3.8) is 0 Å². The van der Waals surface area contributed by atoms with Gasteiger partial charge >= 0.3 is 0 Å². The Labute approximate surface area is 218 Å². The lowest BCUT2D eigenvalue weighted by Crippen LogP contribution is -2.20. The van der Waals surface area contributed by atoms with Gasteiger partial charge in [-0.15, -0.1) is 0 Å². The molecular formula is C25H20Br2ClN3O3. The number of rotatable bonds is 7. The van der Waals surface area contributed by atoms with E-state index >= 15 is 0 Å². The molecule has 0 atom stereocenters. The molecule has 6 nitrogen and oxygen atoms in total. The SMILES string of the molecule is CCOc1cc(C=Nn2c(C)nc3ccc(Br)cc3c2=O)cc(Cl)c1OCc1ccc(Br)cc1. The fourth-order valence-electron chi connectivity index (χ4n) is 3.32. The number of aromatic nitrogens is 2. The van der Waals surface area contributed by atoms with E-state index in [2.05, 4.69) is 41.9 Å². The molecule has 0 radical (unpaired) electrons. The van der Waals surface area contributed by atoms with Gasteiger partial charge in [-0.1, -0.05) is 55.6 Å². The summed E-state index contributed by atoms with van der Waals surface area (Å²) in [4.78, 5) is 17.5. The van der Waals surface area contributed by atoms with Crippen LogP contribution in [0, 0.1) is 6.92 Å². The van der Waals surface area contributed by atoms with Crippen molar-refractivity contribution in [3.05, 3.63) is 95.9 Å². The Morgan fingerprint density at radius 3 is 2.53 bits per heavy atom. The van der Waals surface area contributed by atoms with Crippen LogP contribution in [0.4, 0.5) is 0 Å². The number of hydrogen-bond acceptors (Lipinski definition) is 5. The van der Waals surface area contributed by atoms with Gasteiger partial charge in [0.25, 0.3) is 5.56 Å². The van der Waals surface area contributed by atoms with Crippen molar-refractivity contribution in [2.45, 2.75) is 20.5 Å². The molecule has 0 spiro atoms. The molecule has 4 aromatic rings. The normalized spacial score (nSPS) is 11.3. The van der Waals surface area contributed by atoms with Gasteiger partial charge in [0, 0.05) is 8.95 Å². The summed E-state index contributed by atoms with van der Waals surface area (Å²) >= 11 is 13.4. The van der Waals surface area contributed by atoms with Crippen LogP contribution in [0.2, 0.25) is 5.02 Å². The fourth-order valence-corrected chi connectivity index (χ4v) is 4.22. The summed E-state index contributed by atoms with van der Waals surface area (Å²) in [5, 5.41) is 5.23. The van der Waals surface area contributed by atoms with E-state index in [4.69, 9.17) is 21.1 Å². The highest BCUT2D eigenvalue weighted by molar-refractivity contribution is 9.10. The highest BCUT2D eigenvalue weighted by Crippen LogP contribution is 2.37. The lowest BCUT2D eigenvalue weighted by atomic mass is 10.2. The number of ether oxygens (including phenoxy) is 2. The zero-order chi connectivity index (χ0) is 24.2. The molecule has 174 valence electrons. The molecule has 34 heavy (non-hydrogen) atoms. The Kier molecular flexibility index (Phi) is 7.70. The topological polar surface area (TPSA) is 65.7 Å². The average molecular weight is 606 g/mol. The summed E-state index contributed by atoms with van der Waals surface area (Å²) in [6.45, 7) is 4.40. The molecule has 3 aromatic carbocycles. The summed E-state index contributed by atoms with van der Waals surface area (Å²) < 4.78 is 14.8. The molecule has 1 aromatic heterocycles. The molecule has 0 bridgehead atoms. The number of halogens is 3. The van der Waals surface area contributed by atoms with Crippen LogP contribution in [0.1, 0.15) is 23.9 Å². The molecule has 0 fully saturated rings. The van der Waals surface area contributed by atoms with Crippen molar-refractivity contribution in [1.82, 2.24) is 9.66 Å². The first kappa shape index (κ1) is 24.4. The van der Waals surface area contributed by atoms with Gasteiger partial charge in [-0.25, -0.2) is 4.98 Å². The molecule has 9 heteroatoms. The van der Waals surface area contributed by atoms with E-state index in [1.54, 1.807) is 37.4 Å². The predicted octanol–water partition coefficient (Wildman–Crippen LogP) is 6.74. The van der Waals surface area contributed by atoms with Gasteiger partial charge in [-0.2, -0.15) is 9.78 Å². The van der Waals surface area contributed by atoms with Gasteiger partial charge in [-0.3, -0.25) is 4.79 Å². The van der Waals surface area contributed by atoms with E-state index in [-0.39, 0.29) is 5.56 Å². The third-order valence-electron chi connectivity index (χ3n) is 4.92. The summed E-state index contributed by atoms with van der Waals surface area (Å²) in [7, 11) is 0. The molecular weight excluding hydrogens is 586 g/mol. The number of aryl methyl sites for hydroxylation is 1. The van der Waals surface area contributed by atoms with E-state index in [9.17, 15) is 4.79 Å². The first-order valence-electron chi connectivity index (χ1n) is 10.4. The van der Waals surface area contributed by atoms with Gasteiger partial charge in [0.05, 0.1) is 28.7 Å². The molecule has 1 heterocycles. The number of benzene rings is 3. The summed E-state index contributed by atoms with van der Waals surface area (Å²) in [5.74, 6) is 1.43. The largest absolute Gasteiger partial charge is 0.490 e. The molecule has 4 rings (SSSR count). The van der Waals surface area contributed by atoms with Crippen LogP contribution < -0.4 is 15.0 Å². The van der Waals surface area contributed by atoms with E-state index < -0.39 is 0 Å². The van der Waals surface area contributed by atoms with Crippen molar-refractivity contribution < 1.29 is 9.47 Å². The quantitative estimate of drug-likeness (QED) is 0.219. The predicted molar refractivity (Wildman–Crippen MR) is 143 cm³/mol. The maximum atomic E-state index is 13.0. The van der Waals surface area contributed by atoms with Gasteiger partial charge < -0.3 is 9.47 Å². The minimum absolute atomic E-state index is 0.259. The molecule has 0 unspecified atom stereocenters. The molecule has 0 N–H and O–H groups in total. The minimum atomic E-state index is -0.259. The van der Waals surface area contributed by atoms with E-state index in [1.807, 2.05) is 37.3 Å². The lowest BCUT2D eigenvalue weighted by Gasteiger charge is -2.14.